The molecule has 1 aliphatic heterocycles. The minimum atomic E-state index is 0.162. The number of hydrogen-bond donors (Lipinski definition) is 2. The number of ether oxygens (including phenoxy) is 1. The second-order valence-electron chi connectivity index (χ2n) is 6.99. The smallest absolute Gasteiger partial charge is 0.103 e. The van der Waals surface area contributed by atoms with E-state index in [1.165, 1.54) is 27.7 Å². The number of aromatic nitrogens is 3. The second-order valence-corrected chi connectivity index (χ2v) is 6.99. The van der Waals surface area contributed by atoms with Crippen molar-refractivity contribution in [3.63, 3.8) is 0 Å². The van der Waals surface area contributed by atoms with Gasteiger partial charge in [-0.3, -0.25) is 4.68 Å². The second kappa shape index (κ2) is 7.02. The number of aromatic amines is 1. The van der Waals surface area contributed by atoms with E-state index in [0.29, 0.717) is 5.92 Å². The van der Waals surface area contributed by atoms with Crippen molar-refractivity contribution in [3.05, 3.63) is 53.5 Å². The predicted octanol–water partition coefficient (Wildman–Crippen LogP) is 3.12. The van der Waals surface area contributed by atoms with Gasteiger partial charge in [0.15, 0.2) is 0 Å². The lowest BCUT2D eigenvalue weighted by Gasteiger charge is -2.19. The van der Waals surface area contributed by atoms with Crippen molar-refractivity contribution in [1.82, 2.24) is 20.1 Å². The molecule has 132 valence electrons. The predicted molar refractivity (Wildman–Crippen MR) is 99.6 cm³/mol. The average molecular weight is 338 g/mol. The molecule has 2 aromatic heterocycles. The quantitative estimate of drug-likeness (QED) is 0.679. The summed E-state index contributed by atoms with van der Waals surface area (Å²) in [5.41, 5.74) is 5.15. The van der Waals surface area contributed by atoms with Gasteiger partial charge in [0, 0.05) is 49.4 Å². The van der Waals surface area contributed by atoms with Crippen molar-refractivity contribution in [3.8, 4) is 0 Å². The third-order valence-corrected chi connectivity index (χ3v) is 5.34. The Kier molecular flexibility index (Phi) is 4.59. The maximum Gasteiger partial charge on any atom is 0.103 e. The van der Waals surface area contributed by atoms with E-state index in [2.05, 4.69) is 52.8 Å². The van der Waals surface area contributed by atoms with Gasteiger partial charge in [0.25, 0.3) is 0 Å². The van der Waals surface area contributed by atoms with Gasteiger partial charge in [-0.25, -0.2) is 0 Å². The summed E-state index contributed by atoms with van der Waals surface area (Å²) in [5.74, 6) is 0.514. The molecule has 0 radical (unpaired) electrons. The molecular weight excluding hydrogens is 312 g/mol. The minimum Gasteiger partial charge on any atom is -0.372 e. The molecule has 5 nitrogen and oxygen atoms in total. The highest BCUT2D eigenvalue weighted by molar-refractivity contribution is 5.86. The molecule has 3 aromatic rings. The molecule has 0 bridgehead atoms. The Bertz CT molecular complexity index is 850. The molecular formula is C20H26N4O. The molecule has 3 heterocycles. The fourth-order valence-electron chi connectivity index (χ4n) is 3.99. The van der Waals surface area contributed by atoms with E-state index in [-0.39, 0.29) is 6.10 Å². The molecule has 1 aromatic carbocycles. The summed E-state index contributed by atoms with van der Waals surface area (Å²) in [6.45, 7) is 4.98. The zero-order valence-corrected chi connectivity index (χ0v) is 15.0. The van der Waals surface area contributed by atoms with Gasteiger partial charge >= 0.3 is 0 Å². The first-order valence-corrected chi connectivity index (χ1v) is 9.10. The van der Waals surface area contributed by atoms with E-state index in [1.807, 2.05) is 17.9 Å². The third-order valence-electron chi connectivity index (χ3n) is 5.34. The van der Waals surface area contributed by atoms with Gasteiger partial charge in [0.05, 0.1) is 5.69 Å². The summed E-state index contributed by atoms with van der Waals surface area (Å²) in [5, 5.41) is 9.29. The SMILES string of the molecule is Cc1cccc2[nH]cc(CCNC[C@@H]3CCO[C@H]3c3ccnn3C)c12. The molecule has 1 fully saturated rings. The lowest BCUT2D eigenvalue weighted by molar-refractivity contribution is 0.0839. The Balaban J connectivity index is 1.34. The number of aryl methyl sites for hydroxylation is 2. The molecule has 0 saturated carbocycles. The number of rotatable bonds is 6. The first kappa shape index (κ1) is 16.4. The van der Waals surface area contributed by atoms with Crippen LogP contribution in [0.15, 0.2) is 36.7 Å². The number of fused-ring (bicyclic) bond motifs is 1. The first-order chi connectivity index (χ1) is 12.2. The highest BCUT2D eigenvalue weighted by atomic mass is 16.5. The van der Waals surface area contributed by atoms with Gasteiger partial charge in [-0.1, -0.05) is 12.1 Å². The number of hydrogen-bond acceptors (Lipinski definition) is 3. The van der Waals surface area contributed by atoms with Crippen LogP contribution in [0.25, 0.3) is 10.9 Å². The maximum atomic E-state index is 5.96. The molecule has 1 saturated heterocycles. The maximum absolute atomic E-state index is 5.96. The van der Waals surface area contributed by atoms with E-state index in [9.17, 15) is 0 Å². The minimum absolute atomic E-state index is 0.162. The van der Waals surface area contributed by atoms with Crippen molar-refractivity contribution < 1.29 is 4.74 Å². The topological polar surface area (TPSA) is 54.9 Å². The van der Waals surface area contributed by atoms with Crippen LogP contribution < -0.4 is 5.32 Å². The summed E-state index contributed by atoms with van der Waals surface area (Å²) in [6.07, 6.45) is 6.30. The van der Waals surface area contributed by atoms with Crippen molar-refractivity contribution >= 4 is 10.9 Å². The van der Waals surface area contributed by atoms with Crippen LogP contribution in [0.1, 0.15) is 29.3 Å². The van der Waals surface area contributed by atoms with Crippen LogP contribution in [-0.2, 0) is 18.2 Å². The van der Waals surface area contributed by atoms with Crippen LogP contribution in [-0.4, -0.2) is 34.5 Å². The molecule has 5 heteroatoms. The van der Waals surface area contributed by atoms with E-state index < -0.39 is 0 Å². The van der Waals surface area contributed by atoms with Crippen LogP contribution in [0.4, 0.5) is 0 Å². The lowest BCUT2D eigenvalue weighted by Crippen LogP contribution is -2.27. The van der Waals surface area contributed by atoms with E-state index in [0.717, 1.165) is 32.5 Å². The Labute approximate surface area is 148 Å². The largest absolute Gasteiger partial charge is 0.372 e. The molecule has 2 atom stereocenters. The molecule has 0 unspecified atom stereocenters. The highest BCUT2D eigenvalue weighted by Gasteiger charge is 2.31. The molecule has 4 rings (SSSR count). The number of nitrogens with one attached hydrogen (secondary N) is 2. The molecule has 0 amide bonds. The van der Waals surface area contributed by atoms with Crippen LogP contribution in [0, 0.1) is 12.8 Å². The van der Waals surface area contributed by atoms with Crippen molar-refractivity contribution in [2.45, 2.75) is 25.9 Å². The van der Waals surface area contributed by atoms with Gasteiger partial charge in [-0.2, -0.15) is 5.10 Å². The van der Waals surface area contributed by atoms with Crippen LogP contribution in [0.3, 0.4) is 0 Å². The number of nitrogens with zero attached hydrogens (tertiary/aromatic N) is 2. The molecule has 0 aliphatic carbocycles. The lowest BCUT2D eigenvalue weighted by atomic mass is 9.98. The van der Waals surface area contributed by atoms with Gasteiger partial charge < -0.3 is 15.0 Å². The van der Waals surface area contributed by atoms with Crippen molar-refractivity contribution in [1.29, 1.82) is 0 Å². The van der Waals surface area contributed by atoms with Gasteiger partial charge in [-0.05, 0) is 49.6 Å². The standard InChI is InChI=1S/C20H26N4O/c1-14-4-3-5-17-19(14)15(13-22-17)6-9-21-12-16-8-11-25-20(16)18-7-10-23-24(18)2/h3-5,7,10,13,16,20-22H,6,8-9,11-12H2,1-2H3/t16-,20+/m0/s1. The van der Waals surface area contributed by atoms with Crippen LogP contribution in [0.2, 0.25) is 0 Å². The Morgan fingerprint density at radius 3 is 3.12 bits per heavy atom. The number of H-pyrrole nitrogens is 1. The Hall–Kier alpha value is -2.11. The normalized spacial score (nSPS) is 20.6. The zero-order chi connectivity index (χ0) is 17.2. The molecule has 0 spiro atoms. The van der Waals surface area contributed by atoms with E-state index >= 15 is 0 Å². The van der Waals surface area contributed by atoms with Gasteiger partial charge in [-0.15, -0.1) is 0 Å². The molecule has 1 aliphatic rings. The van der Waals surface area contributed by atoms with Crippen molar-refractivity contribution in [2.75, 3.05) is 19.7 Å². The summed E-state index contributed by atoms with van der Waals surface area (Å²) < 4.78 is 7.89. The first-order valence-electron chi connectivity index (χ1n) is 9.10. The fourth-order valence-corrected chi connectivity index (χ4v) is 3.99. The average Bonchev–Trinajstić information content (AvgIpc) is 3.31. The highest BCUT2D eigenvalue weighted by Crippen LogP contribution is 2.33. The van der Waals surface area contributed by atoms with Gasteiger partial charge in [0.2, 0.25) is 0 Å². The summed E-state index contributed by atoms with van der Waals surface area (Å²) in [7, 11) is 1.99. The van der Waals surface area contributed by atoms with E-state index in [4.69, 9.17) is 4.74 Å². The van der Waals surface area contributed by atoms with Crippen LogP contribution >= 0.6 is 0 Å². The summed E-state index contributed by atoms with van der Waals surface area (Å²) in [6, 6.07) is 8.50. The molecule has 2 N–H and O–H groups in total. The van der Waals surface area contributed by atoms with Gasteiger partial charge in [0.1, 0.15) is 6.10 Å². The third kappa shape index (κ3) is 3.22. The Morgan fingerprint density at radius 2 is 2.28 bits per heavy atom. The summed E-state index contributed by atoms with van der Waals surface area (Å²) in [4.78, 5) is 3.39. The van der Waals surface area contributed by atoms with Crippen LogP contribution in [0.5, 0.6) is 0 Å². The zero-order valence-electron chi connectivity index (χ0n) is 15.0. The fraction of sp³-hybridized carbons (Fsp3) is 0.450. The number of benzene rings is 1. The summed E-state index contributed by atoms with van der Waals surface area (Å²) >= 11 is 0. The van der Waals surface area contributed by atoms with E-state index in [1.54, 1.807) is 0 Å². The van der Waals surface area contributed by atoms with Crippen molar-refractivity contribution in [2.24, 2.45) is 13.0 Å². The Morgan fingerprint density at radius 1 is 1.36 bits per heavy atom. The molecule has 25 heavy (non-hydrogen) atoms. The monoisotopic (exact) mass is 338 g/mol.